The molecule has 0 bridgehead atoms. The minimum Gasteiger partial charge on any atom is -0.336 e. The van der Waals surface area contributed by atoms with Gasteiger partial charge < -0.3 is 10.2 Å². The Balaban J connectivity index is 1.81. The molecule has 0 aliphatic carbocycles. The van der Waals surface area contributed by atoms with Crippen molar-refractivity contribution in [1.29, 1.82) is 0 Å². The molecular formula is C14H23N4O4S2+. The number of hydrogen-bond acceptors (Lipinski definition) is 5. The zero-order valence-corrected chi connectivity index (χ0v) is 15.4. The van der Waals surface area contributed by atoms with Crippen molar-refractivity contribution < 1.29 is 22.9 Å². The lowest BCUT2D eigenvalue weighted by atomic mass is 10.3. The number of quaternary nitrogens is 1. The Labute approximate surface area is 145 Å². The summed E-state index contributed by atoms with van der Waals surface area (Å²) in [6.45, 7) is 5.55. The van der Waals surface area contributed by atoms with Gasteiger partial charge in [-0.15, -0.1) is 11.3 Å². The summed E-state index contributed by atoms with van der Waals surface area (Å²) in [5, 5.41) is 6.61. The molecule has 2 heterocycles. The molecule has 1 aromatic rings. The fourth-order valence-electron chi connectivity index (χ4n) is 2.45. The van der Waals surface area contributed by atoms with Crippen molar-refractivity contribution in [3.8, 4) is 0 Å². The van der Waals surface area contributed by atoms with E-state index >= 15 is 0 Å². The van der Waals surface area contributed by atoms with Crippen LogP contribution in [-0.2, 0) is 14.8 Å². The van der Waals surface area contributed by atoms with E-state index in [1.165, 1.54) is 15.6 Å². The van der Waals surface area contributed by atoms with Gasteiger partial charge in [-0.25, -0.2) is 13.2 Å². The van der Waals surface area contributed by atoms with Crippen LogP contribution < -0.4 is 15.5 Å². The quantitative estimate of drug-likeness (QED) is 0.606. The summed E-state index contributed by atoms with van der Waals surface area (Å²) < 4.78 is 26.6. The van der Waals surface area contributed by atoms with Crippen molar-refractivity contribution in [3.05, 3.63) is 17.5 Å². The van der Waals surface area contributed by atoms with Crippen LogP contribution in [0.3, 0.4) is 0 Å². The van der Waals surface area contributed by atoms with Crippen LogP contribution in [0.15, 0.2) is 21.7 Å². The number of hydrogen-bond donors (Lipinski definition) is 3. The SMILES string of the molecule is CC(C)NC(=O)NC(=O)C[NH+]1CCN(S(=O)(=O)c2cccs2)CC1. The third-order valence-corrected chi connectivity index (χ3v) is 6.87. The molecule has 0 saturated carbocycles. The molecule has 24 heavy (non-hydrogen) atoms. The summed E-state index contributed by atoms with van der Waals surface area (Å²) in [5.74, 6) is -0.363. The Bertz CT molecular complexity index is 665. The molecule has 2 rings (SSSR count). The Morgan fingerprint density at radius 2 is 2.00 bits per heavy atom. The monoisotopic (exact) mass is 375 g/mol. The van der Waals surface area contributed by atoms with Crippen molar-refractivity contribution in [2.75, 3.05) is 32.7 Å². The van der Waals surface area contributed by atoms with E-state index in [1.54, 1.807) is 17.5 Å². The Hall–Kier alpha value is -1.49. The number of piperazine rings is 1. The summed E-state index contributed by atoms with van der Waals surface area (Å²) in [7, 11) is -3.43. The van der Waals surface area contributed by atoms with E-state index in [4.69, 9.17) is 0 Å². The maximum absolute atomic E-state index is 12.4. The van der Waals surface area contributed by atoms with E-state index in [0.29, 0.717) is 30.4 Å². The number of carbonyl (C=O) groups is 2. The summed E-state index contributed by atoms with van der Waals surface area (Å²) in [6.07, 6.45) is 0. The standard InChI is InChI=1S/C14H22N4O4S2/c1-11(2)15-14(20)16-12(19)10-17-5-7-18(8-6-17)24(21,22)13-4-3-9-23-13/h3-4,9,11H,5-8,10H2,1-2H3,(H2,15,16,19,20)/p+1. The molecule has 3 amide bonds. The van der Waals surface area contributed by atoms with Crippen LogP contribution in [0.1, 0.15) is 13.8 Å². The zero-order valence-electron chi connectivity index (χ0n) is 13.7. The highest BCUT2D eigenvalue weighted by Gasteiger charge is 2.31. The average molecular weight is 375 g/mol. The lowest BCUT2D eigenvalue weighted by molar-refractivity contribution is -0.895. The molecule has 1 aromatic heterocycles. The summed E-state index contributed by atoms with van der Waals surface area (Å²) >= 11 is 1.20. The second kappa shape index (κ2) is 8.06. The van der Waals surface area contributed by atoms with Gasteiger partial charge in [0.1, 0.15) is 4.21 Å². The molecule has 0 radical (unpaired) electrons. The second-order valence-corrected chi connectivity index (χ2v) is 9.05. The van der Waals surface area contributed by atoms with E-state index < -0.39 is 16.1 Å². The fourth-order valence-corrected chi connectivity index (χ4v) is 5.04. The number of thiophene rings is 1. The first kappa shape index (κ1) is 18.8. The third-order valence-electron chi connectivity index (χ3n) is 3.60. The van der Waals surface area contributed by atoms with Crippen molar-refractivity contribution in [2.24, 2.45) is 0 Å². The lowest BCUT2D eigenvalue weighted by Gasteiger charge is -2.30. The van der Waals surface area contributed by atoms with Gasteiger partial charge in [-0.05, 0) is 25.3 Å². The van der Waals surface area contributed by atoms with E-state index in [0.717, 1.165) is 4.90 Å². The normalized spacial score (nSPS) is 17.0. The fraction of sp³-hybridized carbons (Fsp3) is 0.571. The van der Waals surface area contributed by atoms with E-state index in [9.17, 15) is 18.0 Å². The highest BCUT2D eigenvalue weighted by Crippen LogP contribution is 2.20. The van der Waals surface area contributed by atoms with Gasteiger partial charge in [0.15, 0.2) is 6.54 Å². The first-order valence-electron chi connectivity index (χ1n) is 7.76. The highest BCUT2D eigenvalue weighted by atomic mass is 32.2. The smallest absolute Gasteiger partial charge is 0.321 e. The number of carbonyl (C=O) groups excluding carboxylic acids is 2. The van der Waals surface area contributed by atoms with Crippen molar-refractivity contribution >= 4 is 33.3 Å². The van der Waals surface area contributed by atoms with Crippen molar-refractivity contribution in [1.82, 2.24) is 14.9 Å². The number of imide groups is 1. The van der Waals surface area contributed by atoms with Crippen LogP contribution in [-0.4, -0.2) is 63.4 Å². The Kier molecular flexibility index (Phi) is 6.33. The highest BCUT2D eigenvalue weighted by molar-refractivity contribution is 7.91. The molecule has 0 unspecified atom stereocenters. The van der Waals surface area contributed by atoms with Crippen LogP contribution in [0.5, 0.6) is 0 Å². The van der Waals surface area contributed by atoms with Crippen LogP contribution in [0.2, 0.25) is 0 Å². The van der Waals surface area contributed by atoms with Gasteiger partial charge in [-0.2, -0.15) is 4.31 Å². The minimum absolute atomic E-state index is 0.0452. The number of nitrogens with zero attached hydrogens (tertiary/aromatic N) is 1. The maximum atomic E-state index is 12.4. The molecule has 1 aliphatic rings. The van der Waals surface area contributed by atoms with Gasteiger partial charge >= 0.3 is 6.03 Å². The molecular weight excluding hydrogens is 352 g/mol. The number of rotatable bonds is 5. The number of sulfonamides is 1. The largest absolute Gasteiger partial charge is 0.336 e. The van der Waals surface area contributed by atoms with E-state index in [2.05, 4.69) is 10.6 Å². The average Bonchev–Trinajstić information content (AvgIpc) is 3.01. The van der Waals surface area contributed by atoms with Gasteiger partial charge in [-0.1, -0.05) is 6.07 Å². The first-order chi connectivity index (χ1) is 11.3. The van der Waals surface area contributed by atoms with Crippen LogP contribution in [0.4, 0.5) is 4.79 Å². The Morgan fingerprint density at radius 1 is 1.33 bits per heavy atom. The van der Waals surface area contributed by atoms with Crippen LogP contribution >= 0.6 is 11.3 Å². The number of nitrogens with one attached hydrogen (secondary N) is 3. The molecule has 10 heteroatoms. The molecule has 8 nitrogen and oxygen atoms in total. The summed E-state index contributed by atoms with van der Waals surface area (Å²) in [6, 6.07) is 2.76. The topological polar surface area (TPSA) is 100 Å². The van der Waals surface area contributed by atoms with Gasteiger partial charge in [0, 0.05) is 6.04 Å². The molecule has 134 valence electrons. The number of amides is 3. The van der Waals surface area contributed by atoms with Crippen LogP contribution in [0, 0.1) is 0 Å². The maximum Gasteiger partial charge on any atom is 0.321 e. The van der Waals surface area contributed by atoms with Gasteiger partial charge in [0.05, 0.1) is 26.2 Å². The molecule has 1 saturated heterocycles. The van der Waals surface area contributed by atoms with Crippen molar-refractivity contribution in [2.45, 2.75) is 24.1 Å². The van der Waals surface area contributed by atoms with E-state index in [1.807, 2.05) is 13.8 Å². The predicted octanol–water partition coefficient (Wildman–Crippen LogP) is -1.13. The number of urea groups is 1. The van der Waals surface area contributed by atoms with Gasteiger partial charge in [0.2, 0.25) is 0 Å². The summed E-state index contributed by atoms with van der Waals surface area (Å²) in [5.41, 5.74) is 0. The molecule has 1 aliphatic heterocycles. The molecule has 1 fully saturated rings. The predicted molar refractivity (Wildman–Crippen MR) is 90.5 cm³/mol. The Morgan fingerprint density at radius 3 is 2.54 bits per heavy atom. The minimum atomic E-state index is -3.43. The molecule has 0 spiro atoms. The molecule has 3 N–H and O–H groups in total. The lowest BCUT2D eigenvalue weighted by Crippen LogP contribution is -3.15. The zero-order chi connectivity index (χ0) is 17.7. The van der Waals surface area contributed by atoms with Gasteiger partial charge in [0.25, 0.3) is 15.9 Å². The summed E-state index contributed by atoms with van der Waals surface area (Å²) in [4.78, 5) is 24.3. The second-order valence-electron chi connectivity index (χ2n) is 5.94. The molecule has 0 atom stereocenters. The van der Waals surface area contributed by atoms with E-state index in [-0.39, 0.29) is 18.5 Å². The third kappa shape index (κ3) is 5.00. The van der Waals surface area contributed by atoms with Crippen LogP contribution in [0.25, 0.3) is 0 Å². The molecule has 0 aromatic carbocycles. The van der Waals surface area contributed by atoms with Gasteiger partial charge in [-0.3, -0.25) is 10.1 Å². The van der Waals surface area contributed by atoms with Crippen molar-refractivity contribution in [3.63, 3.8) is 0 Å². The first-order valence-corrected chi connectivity index (χ1v) is 10.1.